The number of nitrogens with zero attached hydrogens (tertiary/aromatic N) is 4. The van der Waals surface area contributed by atoms with Crippen LogP contribution in [0.25, 0.3) is 5.65 Å². The van der Waals surface area contributed by atoms with Gasteiger partial charge in [-0.2, -0.15) is 5.10 Å². The Morgan fingerprint density at radius 1 is 1.32 bits per heavy atom. The van der Waals surface area contributed by atoms with Gasteiger partial charge in [0.15, 0.2) is 5.65 Å². The van der Waals surface area contributed by atoms with Crippen molar-refractivity contribution in [2.75, 3.05) is 6.54 Å². The highest BCUT2D eigenvalue weighted by molar-refractivity contribution is 7.10. The van der Waals surface area contributed by atoms with Crippen molar-refractivity contribution in [1.29, 1.82) is 0 Å². The Hall–Kier alpha value is -2.25. The summed E-state index contributed by atoms with van der Waals surface area (Å²) in [5, 5.41) is 10.1. The zero-order valence-corrected chi connectivity index (χ0v) is 20.1. The van der Waals surface area contributed by atoms with E-state index in [4.69, 9.17) is 10.1 Å². The lowest BCUT2D eigenvalue weighted by molar-refractivity contribution is -0.121. The highest BCUT2D eigenvalue weighted by atomic mass is 32.1. The molecule has 1 N–H and O–H groups in total. The molecule has 4 rings (SSSR count). The SMILES string of the molecule is Cc1ccsc1CN1CCC[C@@H]1c1cc2nc(C)c(CCC(=O)NC(C)C)c(C)n2n1. The number of aryl methyl sites for hydroxylation is 3. The molecule has 1 aliphatic heterocycles. The lowest BCUT2D eigenvalue weighted by atomic mass is 10.1. The summed E-state index contributed by atoms with van der Waals surface area (Å²) >= 11 is 1.84. The van der Waals surface area contributed by atoms with E-state index in [2.05, 4.69) is 41.6 Å². The van der Waals surface area contributed by atoms with Crippen LogP contribution >= 0.6 is 11.3 Å². The van der Waals surface area contributed by atoms with Gasteiger partial charge in [0.2, 0.25) is 5.91 Å². The van der Waals surface area contributed by atoms with Gasteiger partial charge in [-0.05, 0) is 83.0 Å². The largest absolute Gasteiger partial charge is 0.354 e. The predicted octanol–water partition coefficient (Wildman–Crippen LogP) is 4.51. The molecule has 0 aromatic carbocycles. The lowest BCUT2D eigenvalue weighted by Gasteiger charge is -2.22. The van der Waals surface area contributed by atoms with Crippen LogP contribution in [0.3, 0.4) is 0 Å². The fraction of sp³-hybridized carbons (Fsp3) is 0.542. The average molecular weight is 440 g/mol. The zero-order valence-electron chi connectivity index (χ0n) is 19.2. The number of hydrogen-bond donors (Lipinski definition) is 1. The zero-order chi connectivity index (χ0) is 22.1. The Kier molecular flexibility index (Phi) is 6.44. The number of fused-ring (bicyclic) bond motifs is 1. The molecule has 0 radical (unpaired) electrons. The smallest absolute Gasteiger partial charge is 0.220 e. The van der Waals surface area contributed by atoms with Crippen LogP contribution < -0.4 is 5.32 Å². The third-order valence-corrected chi connectivity index (χ3v) is 7.26. The van der Waals surface area contributed by atoms with Crippen molar-refractivity contribution in [1.82, 2.24) is 24.8 Å². The topological polar surface area (TPSA) is 62.5 Å². The van der Waals surface area contributed by atoms with E-state index >= 15 is 0 Å². The van der Waals surface area contributed by atoms with Crippen LogP contribution in [0.4, 0.5) is 0 Å². The Bertz CT molecular complexity index is 1080. The number of rotatable bonds is 7. The molecule has 0 bridgehead atoms. The molecule has 1 saturated heterocycles. The molecule has 1 amide bonds. The quantitative estimate of drug-likeness (QED) is 0.588. The molecular weight excluding hydrogens is 406 g/mol. The van der Waals surface area contributed by atoms with E-state index in [0.29, 0.717) is 18.9 Å². The van der Waals surface area contributed by atoms with Crippen molar-refractivity contribution in [3.63, 3.8) is 0 Å². The van der Waals surface area contributed by atoms with Crippen LogP contribution in [0, 0.1) is 20.8 Å². The van der Waals surface area contributed by atoms with Crippen molar-refractivity contribution in [2.45, 2.75) is 78.9 Å². The minimum absolute atomic E-state index is 0.0838. The second-order valence-electron chi connectivity index (χ2n) is 8.98. The maximum atomic E-state index is 12.1. The average Bonchev–Trinajstić information content (AvgIpc) is 3.42. The summed E-state index contributed by atoms with van der Waals surface area (Å²) in [7, 11) is 0. The van der Waals surface area contributed by atoms with E-state index < -0.39 is 0 Å². The summed E-state index contributed by atoms with van der Waals surface area (Å²) in [6.45, 7) is 12.4. The molecule has 4 heterocycles. The molecule has 1 fully saturated rings. The minimum Gasteiger partial charge on any atom is -0.354 e. The summed E-state index contributed by atoms with van der Waals surface area (Å²) < 4.78 is 1.98. The van der Waals surface area contributed by atoms with Gasteiger partial charge < -0.3 is 5.32 Å². The number of nitrogens with one attached hydrogen (secondary N) is 1. The number of aromatic nitrogens is 3. The molecule has 3 aromatic rings. The Morgan fingerprint density at radius 3 is 2.84 bits per heavy atom. The van der Waals surface area contributed by atoms with Crippen molar-refractivity contribution >= 4 is 22.9 Å². The van der Waals surface area contributed by atoms with Gasteiger partial charge in [0.1, 0.15) is 0 Å². The van der Waals surface area contributed by atoms with Crippen LogP contribution in [0.15, 0.2) is 17.5 Å². The monoisotopic (exact) mass is 439 g/mol. The first kappa shape index (κ1) is 22.0. The van der Waals surface area contributed by atoms with Gasteiger partial charge in [0, 0.05) is 41.3 Å². The van der Waals surface area contributed by atoms with Gasteiger partial charge in [-0.25, -0.2) is 9.50 Å². The van der Waals surface area contributed by atoms with Crippen LogP contribution in [-0.2, 0) is 17.8 Å². The highest BCUT2D eigenvalue weighted by Gasteiger charge is 2.29. The summed E-state index contributed by atoms with van der Waals surface area (Å²) in [4.78, 5) is 21.0. The first-order valence-electron chi connectivity index (χ1n) is 11.3. The normalized spacial score (nSPS) is 17.2. The van der Waals surface area contributed by atoms with E-state index in [1.54, 1.807) is 0 Å². The second-order valence-corrected chi connectivity index (χ2v) is 9.98. The number of thiophene rings is 1. The van der Waals surface area contributed by atoms with E-state index in [1.807, 2.05) is 36.6 Å². The highest BCUT2D eigenvalue weighted by Crippen LogP contribution is 2.34. The van der Waals surface area contributed by atoms with Crippen LogP contribution in [-0.4, -0.2) is 38.0 Å². The van der Waals surface area contributed by atoms with Crippen LogP contribution in [0.1, 0.15) is 72.2 Å². The van der Waals surface area contributed by atoms with Crippen molar-refractivity contribution < 1.29 is 4.79 Å². The van der Waals surface area contributed by atoms with E-state index in [-0.39, 0.29) is 11.9 Å². The van der Waals surface area contributed by atoms with Crippen molar-refractivity contribution in [3.05, 3.63) is 50.6 Å². The van der Waals surface area contributed by atoms with Gasteiger partial charge in [-0.1, -0.05) is 0 Å². The summed E-state index contributed by atoms with van der Waals surface area (Å²) in [5.41, 5.74) is 6.59. The van der Waals surface area contributed by atoms with Gasteiger partial charge in [-0.15, -0.1) is 11.3 Å². The predicted molar refractivity (Wildman–Crippen MR) is 126 cm³/mol. The Morgan fingerprint density at radius 2 is 2.13 bits per heavy atom. The number of carbonyl (C=O) groups is 1. The summed E-state index contributed by atoms with van der Waals surface area (Å²) in [5.74, 6) is 0.0838. The molecule has 1 atom stereocenters. The second kappa shape index (κ2) is 9.09. The Labute approximate surface area is 188 Å². The fourth-order valence-electron chi connectivity index (χ4n) is 4.60. The summed E-state index contributed by atoms with van der Waals surface area (Å²) in [6, 6.07) is 4.86. The molecular formula is C24H33N5OS. The molecule has 1 aliphatic rings. The number of likely N-dealkylation sites (tertiary alicyclic amines) is 1. The molecule has 0 saturated carbocycles. The van der Waals surface area contributed by atoms with Gasteiger partial charge in [-0.3, -0.25) is 9.69 Å². The molecule has 0 spiro atoms. The molecule has 31 heavy (non-hydrogen) atoms. The summed E-state index contributed by atoms with van der Waals surface area (Å²) in [6.07, 6.45) is 3.48. The van der Waals surface area contributed by atoms with Crippen molar-refractivity contribution in [3.8, 4) is 0 Å². The van der Waals surface area contributed by atoms with Gasteiger partial charge in [0.05, 0.1) is 11.7 Å². The van der Waals surface area contributed by atoms with E-state index in [1.165, 1.54) is 16.9 Å². The lowest BCUT2D eigenvalue weighted by Crippen LogP contribution is -2.30. The maximum absolute atomic E-state index is 12.1. The third kappa shape index (κ3) is 4.67. The third-order valence-electron chi connectivity index (χ3n) is 6.25. The Balaban J connectivity index is 1.57. The van der Waals surface area contributed by atoms with Crippen molar-refractivity contribution in [2.24, 2.45) is 0 Å². The van der Waals surface area contributed by atoms with E-state index in [0.717, 1.165) is 47.8 Å². The number of hydrogen-bond acceptors (Lipinski definition) is 5. The first-order valence-corrected chi connectivity index (χ1v) is 12.1. The maximum Gasteiger partial charge on any atom is 0.220 e. The molecule has 6 nitrogen and oxygen atoms in total. The molecule has 166 valence electrons. The van der Waals surface area contributed by atoms with Crippen LogP contribution in [0.5, 0.6) is 0 Å². The first-order chi connectivity index (χ1) is 14.8. The fourth-order valence-corrected chi connectivity index (χ4v) is 5.53. The van der Waals surface area contributed by atoms with Gasteiger partial charge in [0.25, 0.3) is 0 Å². The van der Waals surface area contributed by atoms with E-state index in [9.17, 15) is 4.79 Å². The number of carbonyl (C=O) groups excluding carboxylic acids is 1. The molecule has 0 unspecified atom stereocenters. The standard InChI is InChI=1S/C24H33N5OS/c1-15(2)25-24(30)9-8-19-17(4)26-23-13-20(27-29(23)18(19)5)21-7-6-11-28(21)14-22-16(3)10-12-31-22/h10,12-13,15,21H,6-9,11,14H2,1-5H3,(H,25,30)/t21-/m1/s1. The van der Waals surface area contributed by atoms with Gasteiger partial charge >= 0.3 is 0 Å². The minimum atomic E-state index is 0.0838. The molecule has 7 heteroatoms. The van der Waals surface area contributed by atoms with Crippen LogP contribution in [0.2, 0.25) is 0 Å². The molecule has 3 aromatic heterocycles. The number of amides is 1. The molecule has 0 aliphatic carbocycles.